The summed E-state index contributed by atoms with van der Waals surface area (Å²) in [6, 6.07) is 3.35. The van der Waals surface area contributed by atoms with Crippen LogP contribution in [0.1, 0.15) is 17.4 Å². The Kier molecular flexibility index (Phi) is 2.60. The Morgan fingerprint density at radius 1 is 1.64 bits per heavy atom. The SMILES string of the molecule is CCOc1ccc(C=O)nc1. The quantitative estimate of drug-likeness (QED) is 0.611. The number of aromatic nitrogens is 1. The summed E-state index contributed by atoms with van der Waals surface area (Å²) < 4.78 is 5.13. The van der Waals surface area contributed by atoms with Crippen LogP contribution >= 0.6 is 0 Å². The van der Waals surface area contributed by atoms with Gasteiger partial charge in [-0.05, 0) is 19.1 Å². The van der Waals surface area contributed by atoms with E-state index in [2.05, 4.69) is 4.98 Å². The molecule has 0 amide bonds. The zero-order valence-corrected chi connectivity index (χ0v) is 6.28. The maximum Gasteiger partial charge on any atom is 0.168 e. The average Bonchev–Trinajstić information content (AvgIpc) is 2.07. The summed E-state index contributed by atoms with van der Waals surface area (Å²) in [7, 11) is 0. The summed E-state index contributed by atoms with van der Waals surface area (Å²) in [6.07, 6.45) is 2.24. The molecule has 0 saturated heterocycles. The van der Waals surface area contributed by atoms with Crippen molar-refractivity contribution in [2.24, 2.45) is 0 Å². The fourth-order valence-electron chi connectivity index (χ4n) is 0.713. The van der Waals surface area contributed by atoms with E-state index in [0.29, 0.717) is 24.3 Å². The van der Waals surface area contributed by atoms with Crippen LogP contribution in [0.4, 0.5) is 0 Å². The van der Waals surface area contributed by atoms with Crippen molar-refractivity contribution in [3.63, 3.8) is 0 Å². The molecular weight excluding hydrogens is 142 g/mol. The fraction of sp³-hybridized carbons (Fsp3) is 0.250. The number of pyridine rings is 1. The van der Waals surface area contributed by atoms with E-state index >= 15 is 0 Å². The molecule has 3 nitrogen and oxygen atoms in total. The lowest BCUT2D eigenvalue weighted by atomic mass is 10.4. The Bertz CT molecular complexity index is 230. The van der Waals surface area contributed by atoms with Crippen molar-refractivity contribution in [3.05, 3.63) is 24.0 Å². The van der Waals surface area contributed by atoms with Crippen LogP contribution < -0.4 is 4.74 Å². The number of carbonyl (C=O) groups excluding carboxylic acids is 1. The molecule has 0 spiro atoms. The summed E-state index contributed by atoms with van der Waals surface area (Å²) >= 11 is 0. The van der Waals surface area contributed by atoms with Gasteiger partial charge in [0.05, 0.1) is 12.8 Å². The molecule has 0 bridgehead atoms. The third-order valence-electron chi connectivity index (χ3n) is 1.19. The van der Waals surface area contributed by atoms with Crippen LogP contribution in [0.25, 0.3) is 0 Å². The van der Waals surface area contributed by atoms with Crippen LogP contribution in [0.15, 0.2) is 18.3 Å². The molecule has 0 aromatic carbocycles. The molecule has 0 aliphatic carbocycles. The summed E-state index contributed by atoms with van der Waals surface area (Å²) in [5, 5.41) is 0. The summed E-state index contributed by atoms with van der Waals surface area (Å²) in [6.45, 7) is 2.51. The highest BCUT2D eigenvalue weighted by Crippen LogP contribution is 2.07. The number of ether oxygens (including phenoxy) is 1. The molecule has 0 atom stereocenters. The highest BCUT2D eigenvalue weighted by molar-refractivity contribution is 5.71. The molecule has 0 radical (unpaired) electrons. The van der Waals surface area contributed by atoms with Crippen molar-refractivity contribution in [3.8, 4) is 5.75 Å². The Hall–Kier alpha value is -1.38. The minimum atomic E-state index is 0.424. The Labute approximate surface area is 65.0 Å². The zero-order chi connectivity index (χ0) is 8.10. The van der Waals surface area contributed by atoms with Gasteiger partial charge in [-0.15, -0.1) is 0 Å². The van der Waals surface area contributed by atoms with Gasteiger partial charge in [-0.2, -0.15) is 0 Å². The predicted octanol–water partition coefficient (Wildman–Crippen LogP) is 1.29. The molecule has 1 rings (SSSR count). The molecule has 0 fully saturated rings. The van der Waals surface area contributed by atoms with Gasteiger partial charge in [0, 0.05) is 0 Å². The Morgan fingerprint density at radius 3 is 2.91 bits per heavy atom. The van der Waals surface area contributed by atoms with Crippen molar-refractivity contribution >= 4 is 6.29 Å². The van der Waals surface area contributed by atoms with Gasteiger partial charge >= 0.3 is 0 Å². The zero-order valence-electron chi connectivity index (χ0n) is 6.28. The van der Waals surface area contributed by atoms with E-state index in [4.69, 9.17) is 4.74 Å². The number of carbonyl (C=O) groups is 1. The largest absolute Gasteiger partial charge is 0.492 e. The molecule has 58 valence electrons. The molecule has 0 saturated carbocycles. The van der Waals surface area contributed by atoms with Crippen LogP contribution in [0.3, 0.4) is 0 Å². The van der Waals surface area contributed by atoms with Crippen molar-refractivity contribution < 1.29 is 9.53 Å². The Balaban J connectivity index is 2.74. The minimum absolute atomic E-state index is 0.424. The standard InChI is InChI=1S/C8H9NO2/c1-2-11-8-4-3-7(6-10)9-5-8/h3-6H,2H2,1H3. The van der Waals surface area contributed by atoms with E-state index in [-0.39, 0.29) is 0 Å². The number of aldehydes is 1. The third kappa shape index (κ3) is 2.04. The van der Waals surface area contributed by atoms with Gasteiger partial charge in [-0.25, -0.2) is 4.98 Å². The van der Waals surface area contributed by atoms with Gasteiger partial charge in [0.1, 0.15) is 11.4 Å². The number of hydrogen-bond donors (Lipinski definition) is 0. The Morgan fingerprint density at radius 2 is 2.45 bits per heavy atom. The van der Waals surface area contributed by atoms with E-state index < -0.39 is 0 Å². The van der Waals surface area contributed by atoms with Gasteiger partial charge in [0.15, 0.2) is 6.29 Å². The molecule has 0 aliphatic heterocycles. The van der Waals surface area contributed by atoms with Gasteiger partial charge in [0.25, 0.3) is 0 Å². The van der Waals surface area contributed by atoms with Crippen LogP contribution in [-0.2, 0) is 0 Å². The van der Waals surface area contributed by atoms with E-state index in [0.717, 1.165) is 0 Å². The van der Waals surface area contributed by atoms with Gasteiger partial charge < -0.3 is 4.74 Å². The van der Waals surface area contributed by atoms with E-state index in [1.165, 1.54) is 6.20 Å². The number of hydrogen-bond acceptors (Lipinski definition) is 3. The van der Waals surface area contributed by atoms with Crippen molar-refractivity contribution in [2.45, 2.75) is 6.92 Å². The molecule has 1 heterocycles. The molecule has 0 N–H and O–H groups in total. The van der Waals surface area contributed by atoms with Crippen LogP contribution in [0.5, 0.6) is 5.75 Å². The molecular formula is C8H9NO2. The van der Waals surface area contributed by atoms with Crippen molar-refractivity contribution in [1.29, 1.82) is 0 Å². The average molecular weight is 151 g/mol. The van der Waals surface area contributed by atoms with Gasteiger partial charge in [-0.3, -0.25) is 4.79 Å². The third-order valence-corrected chi connectivity index (χ3v) is 1.19. The van der Waals surface area contributed by atoms with E-state index in [9.17, 15) is 4.79 Å². The second-order valence-electron chi connectivity index (χ2n) is 1.97. The van der Waals surface area contributed by atoms with Crippen LogP contribution in [0, 0.1) is 0 Å². The molecule has 1 aromatic rings. The van der Waals surface area contributed by atoms with Gasteiger partial charge in [0.2, 0.25) is 0 Å². The fourth-order valence-corrected chi connectivity index (χ4v) is 0.713. The van der Waals surface area contributed by atoms with Crippen LogP contribution in [0.2, 0.25) is 0 Å². The first-order valence-corrected chi connectivity index (χ1v) is 3.41. The molecule has 3 heteroatoms. The van der Waals surface area contributed by atoms with Crippen molar-refractivity contribution in [1.82, 2.24) is 4.98 Å². The smallest absolute Gasteiger partial charge is 0.168 e. The lowest BCUT2D eigenvalue weighted by molar-refractivity contribution is 0.111. The van der Waals surface area contributed by atoms with E-state index in [1.807, 2.05) is 6.92 Å². The minimum Gasteiger partial charge on any atom is -0.492 e. The van der Waals surface area contributed by atoms with Gasteiger partial charge in [-0.1, -0.05) is 0 Å². The van der Waals surface area contributed by atoms with E-state index in [1.54, 1.807) is 12.1 Å². The first kappa shape index (κ1) is 7.72. The maximum absolute atomic E-state index is 10.2. The molecule has 0 aliphatic rings. The molecule has 0 unspecified atom stereocenters. The first-order chi connectivity index (χ1) is 5.36. The number of nitrogens with zero attached hydrogens (tertiary/aromatic N) is 1. The lowest BCUT2D eigenvalue weighted by Gasteiger charge is -2.00. The second kappa shape index (κ2) is 3.71. The summed E-state index contributed by atoms with van der Waals surface area (Å²) in [5.74, 6) is 0.693. The van der Waals surface area contributed by atoms with Crippen molar-refractivity contribution in [2.75, 3.05) is 6.61 Å². The maximum atomic E-state index is 10.2. The molecule has 11 heavy (non-hydrogen) atoms. The second-order valence-corrected chi connectivity index (χ2v) is 1.97. The summed E-state index contributed by atoms with van der Waals surface area (Å²) in [5.41, 5.74) is 0.424. The highest BCUT2D eigenvalue weighted by Gasteiger charge is 1.92. The lowest BCUT2D eigenvalue weighted by Crippen LogP contribution is -1.93. The monoisotopic (exact) mass is 151 g/mol. The van der Waals surface area contributed by atoms with Crippen LogP contribution in [-0.4, -0.2) is 17.9 Å². The molecule has 1 aromatic heterocycles. The topological polar surface area (TPSA) is 39.2 Å². The number of rotatable bonds is 3. The first-order valence-electron chi connectivity index (χ1n) is 3.41. The summed E-state index contributed by atoms with van der Waals surface area (Å²) in [4.78, 5) is 14.0. The highest BCUT2D eigenvalue weighted by atomic mass is 16.5. The normalized spacial score (nSPS) is 9.18. The predicted molar refractivity (Wildman–Crippen MR) is 40.8 cm³/mol.